The SMILES string of the molecule is FC=CC[n+]1ccc(-c2ccccc2)cc1.[I-]. The molecule has 0 aliphatic heterocycles. The number of rotatable bonds is 3. The molecule has 0 aliphatic rings. The predicted molar refractivity (Wildman–Crippen MR) is 62.3 cm³/mol. The molecule has 1 heterocycles. The fourth-order valence-electron chi connectivity index (χ4n) is 1.56. The van der Waals surface area contributed by atoms with Crippen LogP contribution < -0.4 is 28.5 Å². The van der Waals surface area contributed by atoms with Crippen LogP contribution in [-0.2, 0) is 6.54 Å². The highest BCUT2D eigenvalue weighted by atomic mass is 127. The Bertz CT molecular complexity index is 465. The molecule has 0 fully saturated rings. The van der Waals surface area contributed by atoms with Crippen molar-refractivity contribution >= 4 is 0 Å². The second kappa shape index (κ2) is 7.17. The Labute approximate surface area is 118 Å². The Balaban J connectivity index is 0.00000144. The van der Waals surface area contributed by atoms with Gasteiger partial charge in [-0.2, -0.15) is 0 Å². The van der Waals surface area contributed by atoms with Gasteiger partial charge >= 0.3 is 0 Å². The maximum atomic E-state index is 11.8. The molecule has 0 bridgehead atoms. The summed E-state index contributed by atoms with van der Waals surface area (Å²) in [6, 6.07) is 14.2. The number of allylic oxidation sites excluding steroid dienone is 1. The van der Waals surface area contributed by atoms with Crippen LogP contribution in [0.15, 0.2) is 67.3 Å². The van der Waals surface area contributed by atoms with E-state index in [-0.39, 0.29) is 24.0 Å². The van der Waals surface area contributed by atoms with Gasteiger partial charge in [0.25, 0.3) is 0 Å². The van der Waals surface area contributed by atoms with E-state index in [2.05, 4.69) is 12.1 Å². The number of halogens is 2. The van der Waals surface area contributed by atoms with Crippen molar-refractivity contribution in [3.63, 3.8) is 0 Å². The Hall–Kier alpha value is -1.23. The Morgan fingerprint density at radius 2 is 1.53 bits per heavy atom. The van der Waals surface area contributed by atoms with Crippen LogP contribution in [-0.4, -0.2) is 0 Å². The summed E-state index contributed by atoms with van der Waals surface area (Å²) in [4.78, 5) is 0. The van der Waals surface area contributed by atoms with E-state index in [0.717, 1.165) is 0 Å². The van der Waals surface area contributed by atoms with Gasteiger partial charge in [0, 0.05) is 18.2 Å². The molecule has 0 N–H and O–H groups in total. The van der Waals surface area contributed by atoms with Crippen molar-refractivity contribution in [2.24, 2.45) is 0 Å². The summed E-state index contributed by atoms with van der Waals surface area (Å²) < 4.78 is 13.7. The maximum absolute atomic E-state index is 11.8. The van der Waals surface area contributed by atoms with Crippen LogP contribution in [0.4, 0.5) is 4.39 Å². The van der Waals surface area contributed by atoms with Crippen LogP contribution in [0.3, 0.4) is 0 Å². The standard InChI is InChI=1S/C14H13FN.HI/c15-9-4-10-16-11-7-14(8-12-16)13-5-2-1-3-6-13;/h1-9,11-12H,10H2;1H/q+1;/p-1. The second-order valence-electron chi connectivity index (χ2n) is 3.51. The Morgan fingerprint density at radius 3 is 2.12 bits per heavy atom. The lowest BCUT2D eigenvalue weighted by atomic mass is 10.1. The van der Waals surface area contributed by atoms with Gasteiger partial charge in [-0.25, -0.2) is 8.96 Å². The molecule has 0 atom stereocenters. The summed E-state index contributed by atoms with van der Waals surface area (Å²) >= 11 is 0. The molecule has 0 unspecified atom stereocenters. The molecule has 88 valence electrons. The molecular formula is C14H13FIN. The molecule has 0 amide bonds. The van der Waals surface area contributed by atoms with E-state index in [1.54, 1.807) is 0 Å². The van der Waals surface area contributed by atoms with Crippen LogP contribution in [0, 0.1) is 0 Å². The minimum Gasteiger partial charge on any atom is -1.00 e. The summed E-state index contributed by atoms with van der Waals surface area (Å²) in [6.45, 7) is 0.561. The maximum Gasteiger partial charge on any atom is 0.169 e. The van der Waals surface area contributed by atoms with Crippen molar-refractivity contribution in [2.45, 2.75) is 6.54 Å². The van der Waals surface area contributed by atoms with Crippen LogP contribution in [0.5, 0.6) is 0 Å². The summed E-state index contributed by atoms with van der Waals surface area (Å²) in [7, 11) is 0. The van der Waals surface area contributed by atoms with Crippen molar-refractivity contribution in [1.82, 2.24) is 0 Å². The monoisotopic (exact) mass is 341 g/mol. The smallest absolute Gasteiger partial charge is 0.169 e. The number of benzene rings is 1. The van der Waals surface area contributed by atoms with Crippen molar-refractivity contribution in [3.8, 4) is 11.1 Å². The van der Waals surface area contributed by atoms with Crippen LogP contribution in [0.25, 0.3) is 11.1 Å². The molecule has 1 nitrogen and oxygen atoms in total. The van der Waals surface area contributed by atoms with E-state index in [1.807, 2.05) is 47.3 Å². The van der Waals surface area contributed by atoms with Crippen molar-refractivity contribution in [1.29, 1.82) is 0 Å². The topological polar surface area (TPSA) is 3.88 Å². The zero-order chi connectivity index (χ0) is 11.2. The quantitative estimate of drug-likeness (QED) is 0.552. The molecular weight excluding hydrogens is 328 g/mol. The first-order valence-electron chi connectivity index (χ1n) is 5.20. The summed E-state index contributed by atoms with van der Waals surface area (Å²) in [6.07, 6.45) is 5.94. The third kappa shape index (κ3) is 3.93. The highest BCUT2D eigenvalue weighted by molar-refractivity contribution is 5.61. The molecule has 17 heavy (non-hydrogen) atoms. The van der Waals surface area contributed by atoms with Crippen molar-refractivity contribution in [2.75, 3.05) is 0 Å². The number of hydrogen-bond acceptors (Lipinski definition) is 0. The van der Waals surface area contributed by atoms with Gasteiger partial charge in [-0.1, -0.05) is 30.3 Å². The van der Waals surface area contributed by atoms with E-state index >= 15 is 0 Å². The summed E-state index contributed by atoms with van der Waals surface area (Å²) in [5.74, 6) is 0. The van der Waals surface area contributed by atoms with Crippen molar-refractivity contribution in [3.05, 3.63) is 67.3 Å². The fourth-order valence-corrected chi connectivity index (χ4v) is 1.56. The van der Waals surface area contributed by atoms with E-state index in [9.17, 15) is 4.39 Å². The molecule has 1 aromatic carbocycles. The molecule has 0 spiro atoms. The summed E-state index contributed by atoms with van der Waals surface area (Å²) in [5.41, 5.74) is 2.36. The van der Waals surface area contributed by atoms with Crippen LogP contribution in [0.1, 0.15) is 0 Å². The number of aromatic nitrogens is 1. The normalized spacial score (nSPS) is 10.2. The lowest BCUT2D eigenvalue weighted by molar-refractivity contribution is -0.687. The third-order valence-corrected chi connectivity index (χ3v) is 2.40. The molecule has 0 saturated heterocycles. The average Bonchev–Trinajstić information content (AvgIpc) is 2.38. The van der Waals surface area contributed by atoms with E-state index < -0.39 is 0 Å². The Morgan fingerprint density at radius 1 is 0.941 bits per heavy atom. The zero-order valence-corrected chi connectivity index (χ0v) is 11.4. The third-order valence-electron chi connectivity index (χ3n) is 2.40. The van der Waals surface area contributed by atoms with Crippen LogP contribution in [0.2, 0.25) is 0 Å². The average molecular weight is 341 g/mol. The fraction of sp³-hybridized carbons (Fsp3) is 0.0714. The van der Waals surface area contributed by atoms with Crippen molar-refractivity contribution < 1.29 is 32.9 Å². The van der Waals surface area contributed by atoms with Gasteiger partial charge in [-0.3, -0.25) is 0 Å². The minimum absolute atomic E-state index is 0. The van der Waals surface area contributed by atoms with Gasteiger partial charge in [0.15, 0.2) is 18.9 Å². The van der Waals surface area contributed by atoms with Gasteiger partial charge in [0.1, 0.15) is 0 Å². The van der Waals surface area contributed by atoms with Gasteiger partial charge < -0.3 is 24.0 Å². The lowest BCUT2D eigenvalue weighted by Gasteiger charge is -1.99. The molecule has 0 saturated carbocycles. The Kier molecular flexibility index (Phi) is 5.83. The predicted octanol–water partition coefficient (Wildman–Crippen LogP) is 0.128. The number of hydrogen-bond donors (Lipinski definition) is 0. The van der Waals surface area contributed by atoms with Gasteiger partial charge in [0.05, 0.1) is 6.33 Å². The van der Waals surface area contributed by atoms with Crippen LogP contribution >= 0.6 is 0 Å². The lowest BCUT2D eigenvalue weighted by Crippen LogP contribution is -3.00. The molecule has 0 radical (unpaired) electrons. The van der Waals surface area contributed by atoms with E-state index in [0.29, 0.717) is 12.9 Å². The molecule has 2 aromatic rings. The zero-order valence-electron chi connectivity index (χ0n) is 9.26. The van der Waals surface area contributed by atoms with Gasteiger partial charge in [-0.15, -0.1) is 0 Å². The molecule has 0 aliphatic carbocycles. The largest absolute Gasteiger partial charge is 1.00 e. The first kappa shape index (κ1) is 13.8. The summed E-state index contributed by atoms with van der Waals surface area (Å²) in [5, 5.41) is 0. The van der Waals surface area contributed by atoms with Gasteiger partial charge in [-0.05, 0) is 11.1 Å². The minimum atomic E-state index is 0. The second-order valence-corrected chi connectivity index (χ2v) is 3.51. The molecule has 1 aromatic heterocycles. The van der Waals surface area contributed by atoms with E-state index in [1.165, 1.54) is 17.2 Å². The highest BCUT2D eigenvalue weighted by Gasteiger charge is 2.00. The van der Waals surface area contributed by atoms with Gasteiger partial charge in [0.2, 0.25) is 0 Å². The molecule has 3 heteroatoms. The first-order valence-corrected chi connectivity index (χ1v) is 5.20. The number of pyridine rings is 1. The highest BCUT2D eigenvalue weighted by Crippen LogP contribution is 2.16. The first-order chi connectivity index (χ1) is 7.90. The van der Waals surface area contributed by atoms with E-state index in [4.69, 9.17) is 0 Å². The number of nitrogens with zero attached hydrogens (tertiary/aromatic N) is 1. The molecule has 2 rings (SSSR count).